The number of halogens is 1. The van der Waals surface area contributed by atoms with Gasteiger partial charge in [0.15, 0.2) is 5.65 Å². The number of aryl methyl sites for hydroxylation is 1. The summed E-state index contributed by atoms with van der Waals surface area (Å²) in [6.45, 7) is 3.03. The lowest BCUT2D eigenvalue weighted by atomic mass is 9.93. The number of benzene rings is 1. The van der Waals surface area contributed by atoms with E-state index >= 15 is 0 Å². The van der Waals surface area contributed by atoms with E-state index in [0.717, 1.165) is 42.6 Å². The molecule has 1 aliphatic rings. The number of hydrogen-bond donors (Lipinski definition) is 1. The molecule has 3 aromatic heterocycles. The largest absolute Gasteiger partial charge is 0.350 e. The van der Waals surface area contributed by atoms with Crippen LogP contribution in [-0.2, 0) is 19.4 Å². The molecule has 1 N–H and O–H groups in total. The zero-order valence-electron chi connectivity index (χ0n) is 15.6. The van der Waals surface area contributed by atoms with Gasteiger partial charge in [0.1, 0.15) is 5.82 Å². The molecule has 0 bridgehead atoms. The van der Waals surface area contributed by atoms with Crippen LogP contribution in [0.1, 0.15) is 24.6 Å². The van der Waals surface area contributed by atoms with Gasteiger partial charge in [0.2, 0.25) is 5.95 Å². The van der Waals surface area contributed by atoms with Crippen LogP contribution in [0.4, 0.5) is 10.3 Å². The molecular formula is C21H21FN6. The predicted molar refractivity (Wildman–Crippen MR) is 106 cm³/mol. The van der Waals surface area contributed by atoms with E-state index in [4.69, 9.17) is 4.98 Å². The van der Waals surface area contributed by atoms with Gasteiger partial charge in [0.05, 0.1) is 6.20 Å². The highest BCUT2D eigenvalue weighted by Crippen LogP contribution is 2.26. The Kier molecular flexibility index (Phi) is 4.07. The van der Waals surface area contributed by atoms with Crippen LogP contribution < -0.4 is 5.32 Å². The van der Waals surface area contributed by atoms with Crippen LogP contribution in [0.5, 0.6) is 0 Å². The van der Waals surface area contributed by atoms with Gasteiger partial charge in [-0.3, -0.25) is 4.68 Å². The highest BCUT2D eigenvalue weighted by molar-refractivity contribution is 5.77. The lowest BCUT2D eigenvalue weighted by Crippen LogP contribution is -2.28. The van der Waals surface area contributed by atoms with E-state index in [0.29, 0.717) is 5.95 Å². The Bertz CT molecular complexity index is 1130. The third-order valence-electron chi connectivity index (χ3n) is 5.38. The molecule has 0 fully saturated rings. The number of pyridine rings is 1. The average molecular weight is 376 g/mol. The van der Waals surface area contributed by atoms with E-state index in [2.05, 4.69) is 27.1 Å². The summed E-state index contributed by atoms with van der Waals surface area (Å²) in [7, 11) is 0. The minimum Gasteiger partial charge on any atom is -0.350 e. The fourth-order valence-electron chi connectivity index (χ4n) is 3.99. The van der Waals surface area contributed by atoms with Gasteiger partial charge in [-0.05, 0) is 61.6 Å². The minimum absolute atomic E-state index is 0.248. The first-order chi connectivity index (χ1) is 13.7. The van der Waals surface area contributed by atoms with Gasteiger partial charge < -0.3 is 5.32 Å². The third kappa shape index (κ3) is 2.93. The fourth-order valence-corrected chi connectivity index (χ4v) is 3.99. The van der Waals surface area contributed by atoms with Gasteiger partial charge in [0.25, 0.3) is 0 Å². The van der Waals surface area contributed by atoms with Gasteiger partial charge in [-0.1, -0.05) is 12.1 Å². The topological polar surface area (TPSA) is 60.0 Å². The molecule has 4 aromatic rings. The van der Waals surface area contributed by atoms with Crippen LogP contribution in [0.2, 0.25) is 0 Å². The second kappa shape index (κ2) is 6.74. The highest BCUT2D eigenvalue weighted by Gasteiger charge is 2.23. The Morgan fingerprint density at radius 1 is 1.21 bits per heavy atom. The quantitative estimate of drug-likeness (QED) is 0.590. The number of fused-ring (bicyclic) bond motifs is 2. The van der Waals surface area contributed by atoms with Gasteiger partial charge >= 0.3 is 0 Å². The number of aromatic nitrogens is 5. The molecule has 0 spiro atoms. The van der Waals surface area contributed by atoms with E-state index in [1.165, 1.54) is 23.4 Å². The minimum atomic E-state index is -0.248. The summed E-state index contributed by atoms with van der Waals surface area (Å²) in [5.74, 6) is 0.369. The fraction of sp³-hybridized carbons (Fsp3) is 0.286. The molecule has 0 aliphatic heterocycles. The van der Waals surface area contributed by atoms with Crippen molar-refractivity contribution in [1.29, 1.82) is 0 Å². The summed E-state index contributed by atoms with van der Waals surface area (Å²) in [5, 5.41) is 12.5. The molecule has 0 saturated carbocycles. The van der Waals surface area contributed by atoms with Crippen LogP contribution in [0.3, 0.4) is 0 Å². The van der Waals surface area contributed by atoms with E-state index in [1.54, 1.807) is 16.6 Å². The Hall–Kier alpha value is -3.22. The van der Waals surface area contributed by atoms with Crippen LogP contribution in [-0.4, -0.2) is 30.4 Å². The smallest absolute Gasteiger partial charge is 0.243 e. The van der Waals surface area contributed by atoms with Crippen molar-refractivity contribution in [3.8, 4) is 11.1 Å². The molecule has 1 aromatic carbocycles. The maximum Gasteiger partial charge on any atom is 0.243 e. The SMILES string of the molecule is CCn1ncc2c1CCC(Nc1nc3c(-c4ccc(F)cc4)cccn3n1)C2. The maximum absolute atomic E-state index is 13.3. The lowest BCUT2D eigenvalue weighted by Gasteiger charge is -2.23. The average Bonchev–Trinajstić information content (AvgIpc) is 3.31. The molecule has 6 nitrogen and oxygen atoms in total. The van der Waals surface area contributed by atoms with E-state index in [9.17, 15) is 4.39 Å². The summed E-state index contributed by atoms with van der Waals surface area (Å²) in [6, 6.07) is 10.6. The molecule has 1 unspecified atom stereocenters. The van der Waals surface area contributed by atoms with Crippen LogP contribution in [0, 0.1) is 5.82 Å². The van der Waals surface area contributed by atoms with Gasteiger partial charge in [0, 0.05) is 30.0 Å². The van der Waals surface area contributed by atoms with Crippen LogP contribution in [0.15, 0.2) is 48.8 Å². The molecule has 142 valence electrons. The predicted octanol–water partition coefficient (Wildman–Crippen LogP) is 3.72. The Morgan fingerprint density at radius 3 is 2.89 bits per heavy atom. The van der Waals surface area contributed by atoms with E-state index in [1.807, 2.05) is 24.5 Å². The van der Waals surface area contributed by atoms with Crippen molar-refractivity contribution in [2.24, 2.45) is 0 Å². The van der Waals surface area contributed by atoms with Crippen molar-refractivity contribution in [3.05, 3.63) is 65.9 Å². The van der Waals surface area contributed by atoms with E-state index in [-0.39, 0.29) is 11.9 Å². The van der Waals surface area contributed by atoms with Gasteiger partial charge in [-0.2, -0.15) is 10.1 Å². The number of nitrogens with one attached hydrogen (secondary N) is 1. The second-order valence-corrected chi connectivity index (χ2v) is 7.15. The van der Waals surface area contributed by atoms with Crippen LogP contribution in [0.25, 0.3) is 16.8 Å². The van der Waals surface area contributed by atoms with Crippen molar-refractivity contribution < 1.29 is 4.39 Å². The first kappa shape index (κ1) is 16.9. The normalized spacial score (nSPS) is 16.3. The van der Waals surface area contributed by atoms with Gasteiger partial charge in [-0.25, -0.2) is 8.91 Å². The number of rotatable bonds is 4. The summed E-state index contributed by atoms with van der Waals surface area (Å²) in [6.07, 6.45) is 6.82. The van der Waals surface area contributed by atoms with Crippen molar-refractivity contribution in [2.45, 2.75) is 38.8 Å². The first-order valence-corrected chi connectivity index (χ1v) is 9.62. The zero-order chi connectivity index (χ0) is 19.1. The summed E-state index contributed by atoms with van der Waals surface area (Å²) < 4.78 is 17.1. The summed E-state index contributed by atoms with van der Waals surface area (Å²) >= 11 is 0. The molecule has 0 amide bonds. The molecule has 0 radical (unpaired) electrons. The highest BCUT2D eigenvalue weighted by atomic mass is 19.1. The van der Waals surface area contributed by atoms with E-state index < -0.39 is 0 Å². The molecule has 1 atom stereocenters. The molecule has 3 heterocycles. The van der Waals surface area contributed by atoms with Crippen molar-refractivity contribution in [2.75, 3.05) is 5.32 Å². The van der Waals surface area contributed by atoms with Crippen LogP contribution >= 0.6 is 0 Å². The first-order valence-electron chi connectivity index (χ1n) is 9.62. The Labute approximate surface area is 162 Å². The third-order valence-corrected chi connectivity index (χ3v) is 5.38. The maximum atomic E-state index is 13.3. The monoisotopic (exact) mass is 376 g/mol. The molecule has 28 heavy (non-hydrogen) atoms. The van der Waals surface area contributed by atoms with Crippen molar-refractivity contribution in [3.63, 3.8) is 0 Å². The molecule has 7 heteroatoms. The molecule has 0 saturated heterocycles. The standard InChI is InChI=1S/C21H21FN6/c1-2-27-19-10-9-17(12-15(19)13-23-27)24-21-25-20-18(4-3-11-28(20)26-21)14-5-7-16(22)8-6-14/h3-8,11,13,17H,2,9-10,12H2,1H3,(H,24,26). The molecule has 1 aliphatic carbocycles. The Morgan fingerprint density at radius 2 is 2.07 bits per heavy atom. The summed E-state index contributed by atoms with van der Waals surface area (Å²) in [4.78, 5) is 4.71. The molecule has 5 rings (SSSR count). The second-order valence-electron chi connectivity index (χ2n) is 7.15. The van der Waals surface area contributed by atoms with Crippen molar-refractivity contribution >= 4 is 11.6 Å². The number of nitrogens with zero attached hydrogens (tertiary/aromatic N) is 5. The van der Waals surface area contributed by atoms with Crippen molar-refractivity contribution in [1.82, 2.24) is 24.4 Å². The Balaban J connectivity index is 1.41. The zero-order valence-corrected chi connectivity index (χ0v) is 15.6. The lowest BCUT2D eigenvalue weighted by molar-refractivity contribution is 0.552. The van der Waals surface area contributed by atoms with Gasteiger partial charge in [-0.15, -0.1) is 5.10 Å². The number of anilines is 1. The molecular weight excluding hydrogens is 355 g/mol. The number of hydrogen-bond acceptors (Lipinski definition) is 4. The summed E-state index contributed by atoms with van der Waals surface area (Å²) in [5.41, 5.74) is 5.26.